The molecule has 0 saturated heterocycles. The zero-order valence-electron chi connectivity index (χ0n) is 19.5. The molecular weight excluding hydrogens is 422 g/mol. The van der Waals surface area contributed by atoms with Crippen LogP contribution in [0.2, 0.25) is 0 Å². The maximum Gasteiger partial charge on any atom is 0.429 e. The van der Waals surface area contributed by atoms with Gasteiger partial charge in [-0.1, -0.05) is 26.0 Å². The van der Waals surface area contributed by atoms with E-state index in [4.69, 9.17) is 14.2 Å². The van der Waals surface area contributed by atoms with Crippen LogP contribution in [0.4, 0.5) is 10.5 Å². The van der Waals surface area contributed by atoms with E-state index in [2.05, 4.69) is 18.8 Å². The molecule has 1 amide bonds. The Bertz CT molecular complexity index is 1170. The first-order chi connectivity index (χ1) is 15.9. The Balaban J connectivity index is 1.80. The summed E-state index contributed by atoms with van der Waals surface area (Å²) in [5, 5.41) is 4.47. The molecule has 0 spiro atoms. The number of aromatic amines is 1. The minimum absolute atomic E-state index is 0.0976. The maximum atomic E-state index is 13.0. The Hall–Kier alpha value is -3.52. The van der Waals surface area contributed by atoms with Gasteiger partial charge >= 0.3 is 12.1 Å². The van der Waals surface area contributed by atoms with E-state index in [0.29, 0.717) is 18.7 Å². The summed E-state index contributed by atoms with van der Waals surface area (Å²) in [4.78, 5) is 28.7. The molecule has 1 unspecified atom stereocenters. The van der Waals surface area contributed by atoms with Gasteiger partial charge in [-0.05, 0) is 48.7 Å². The molecule has 2 aromatic carbocycles. The average molecular weight is 452 g/mol. The van der Waals surface area contributed by atoms with Crippen LogP contribution in [0, 0.1) is 5.92 Å². The van der Waals surface area contributed by atoms with Crippen LogP contribution in [-0.4, -0.2) is 42.9 Å². The molecule has 1 atom stereocenters. The molecule has 1 aliphatic rings. The van der Waals surface area contributed by atoms with Gasteiger partial charge in [0.05, 0.1) is 43.8 Å². The van der Waals surface area contributed by atoms with Gasteiger partial charge in [-0.3, -0.25) is 0 Å². The van der Waals surface area contributed by atoms with Crippen molar-refractivity contribution in [3.05, 3.63) is 59.3 Å². The van der Waals surface area contributed by atoms with Crippen molar-refractivity contribution in [2.75, 3.05) is 25.8 Å². The first-order valence-corrected chi connectivity index (χ1v) is 11.0. The van der Waals surface area contributed by atoms with Gasteiger partial charge in [-0.2, -0.15) is 5.01 Å². The molecule has 8 heteroatoms. The lowest BCUT2D eigenvalue weighted by Gasteiger charge is -2.33. The van der Waals surface area contributed by atoms with E-state index >= 15 is 0 Å². The first-order valence-electron chi connectivity index (χ1n) is 11.0. The zero-order valence-corrected chi connectivity index (χ0v) is 19.5. The van der Waals surface area contributed by atoms with Gasteiger partial charge in [0.25, 0.3) is 0 Å². The van der Waals surface area contributed by atoms with E-state index in [9.17, 15) is 9.59 Å². The molecule has 0 bridgehead atoms. The van der Waals surface area contributed by atoms with Gasteiger partial charge in [0.1, 0.15) is 5.75 Å². The Labute approximate surface area is 193 Å². The number of hydrogen-bond acceptors (Lipinski definition) is 6. The maximum absolute atomic E-state index is 13.0. The number of ether oxygens (including phenoxy) is 3. The van der Waals surface area contributed by atoms with Gasteiger partial charge in [0.2, 0.25) is 0 Å². The number of hydrogen-bond donors (Lipinski definition) is 1. The molecule has 0 saturated carbocycles. The lowest BCUT2D eigenvalue weighted by molar-refractivity contribution is 0.0526. The Morgan fingerprint density at radius 1 is 1.09 bits per heavy atom. The Morgan fingerprint density at radius 3 is 2.42 bits per heavy atom. The van der Waals surface area contributed by atoms with Gasteiger partial charge in [0, 0.05) is 17.4 Å². The highest BCUT2D eigenvalue weighted by atomic mass is 16.5. The van der Waals surface area contributed by atoms with E-state index in [-0.39, 0.29) is 17.9 Å². The number of rotatable bonds is 6. The summed E-state index contributed by atoms with van der Waals surface area (Å²) in [6, 6.07) is 13.0. The normalized spacial score (nSPS) is 15.7. The fraction of sp³-hybridized carbons (Fsp3) is 0.360. The molecular formula is C25H29N3O5. The molecule has 1 aliphatic heterocycles. The number of esters is 1. The zero-order chi connectivity index (χ0) is 23.7. The molecule has 8 nitrogen and oxygen atoms in total. The Morgan fingerprint density at radius 2 is 1.82 bits per heavy atom. The van der Waals surface area contributed by atoms with Crippen molar-refractivity contribution >= 4 is 28.7 Å². The number of carbonyl (C=O) groups excluding carboxylic acids is 2. The highest BCUT2D eigenvalue weighted by molar-refractivity contribution is 6.05. The van der Waals surface area contributed by atoms with Crippen LogP contribution in [0.1, 0.15) is 48.4 Å². The molecule has 3 aromatic rings. The van der Waals surface area contributed by atoms with Crippen molar-refractivity contribution in [3.8, 4) is 5.75 Å². The largest absolute Gasteiger partial charge is 0.497 e. The summed E-state index contributed by atoms with van der Waals surface area (Å²) in [5.41, 5.74) is 3.94. The van der Waals surface area contributed by atoms with Gasteiger partial charge < -0.3 is 19.2 Å². The third-order valence-corrected chi connectivity index (χ3v) is 5.88. The number of fused-ring (bicyclic) bond motifs is 3. The molecule has 33 heavy (non-hydrogen) atoms. The molecule has 1 N–H and O–H groups in total. The van der Waals surface area contributed by atoms with Crippen molar-refractivity contribution in [2.24, 2.45) is 5.92 Å². The number of nitrogens with zero attached hydrogens (tertiary/aromatic N) is 2. The number of H-pyrrole nitrogens is 1. The summed E-state index contributed by atoms with van der Waals surface area (Å²) >= 11 is 0. The van der Waals surface area contributed by atoms with Crippen molar-refractivity contribution < 1.29 is 23.8 Å². The second-order valence-corrected chi connectivity index (χ2v) is 8.28. The minimum atomic E-state index is -0.469. The third kappa shape index (κ3) is 4.02. The molecule has 2 heterocycles. The van der Waals surface area contributed by atoms with Crippen molar-refractivity contribution in [3.63, 3.8) is 0 Å². The minimum Gasteiger partial charge on any atom is -0.497 e. The molecule has 4 rings (SSSR count). The third-order valence-electron chi connectivity index (χ3n) is 5.88. The highest BCUT2D eigenvalue weighted by Gasteiger charge is 2.44. The van der Waals surface area contributed by atoms with E-state index in [1.165, 1.54) is 7.11 Å². The molecule has 0 aliphatic carbocycles. The summed E-state index contributed by atoms with van der Waals surface area (Å²) in [5.74, 6) is 0.591. The number of aromatic nitrogens is 1. The molecule has 0 fully saturated rings. The fourth-order valence-electron chi connectivity index (χ4n) is 4.44. The number of anilines is 1. The quantitative estimate of drug-likeness (QED) is 0.528. The van der Waals surface area contributed by atoms with Crippen molar-refractivity contribution in [1.82, 2.24) is 9.99 Å². The smallest absolute Gasteiger partial charge is 0.429 e. The second kappa shape index (κ2) is 9.15. The molecule has 0 radical (unpaired) electrons. The number of amides is 1. The lowest BCUT2D eigenvalue weighted by Crippen LogP contribution is -2.44. The highest BCUT2D eigenvalue weighted by Crippen LogP contribution is 2.48. The predicted molar refractivity (Wildman–Crippen MR) is 125 cm³/mol. The van der Waals surface area contributed by atoms with Crippen LogP contribution in [0.25, 0.3) is 10.9 Å². The summed E-state index contributed by atoms with van der Waals surface area (Å²) in [6.45, 7) is 6.83. The fourth-order valence-corrected chi connectivity index (χ4v) is 4.44. The van der Waals surface area contributed by atoms with E-state index in [1.807, 2.05) is 35.3 Å². The predicted octanol–water partition coefficient (Wildman–Crippen LogP) is 5.05. The van der Waals surface area contributed by atoms with Crippen molar-refractivity contribution in [2.45, 2.75) is 33.4 Å². The summed E-state index contributed by atoms with van der Waals surface area (Å²) < 4.78 is 15.6. The standard InChI is InChI=1S/C25H29N3O5/c1-6-33-24(29)17-9-12-19-20(13-17)26-21-22(15(2)3)27(28(23(19)21)25(30)32-5)14-16-7-10-18(31-4)11-8-16/h7-13,15,22,26H,6,14H2,1-5H3. The van der Waals surface area contributed by atoms with E-state index in [1.54, 1.807) is 31.2 Å². The first kappa shape index (κ1) is 22.7. The van der Waals surface area contributed by atoms with Crippen LogP contribution in [0.5, 0.6) is 5.75 Å². The average Bonchev–Trinajstić information content (AvgIpc) is 3.32. The van der Waals surface area contributed by atoms with Gasteiger partial charge in [-0.15, -0.1) is 0 Å². The number of benzene rings is 2. The number of hydrazine groups is 1. The lowest BCUT2D eigenvalue weighted by atomic mass is 10.0. The number of methoxy groups -OCH3 is 2. The topological polar surface area (TPSA) is 84.1 Å². The number of nitrogens with one attached hydrogen (secondary N) is 1. The number of carbonyl (C=O) groups is 2. The Kier molecular flexibility index (Phi) is 6.29. The van der Waals surface area contributed by atoms with Crippen LogP contribution in [0.15, 0.2) is 42.5 Å². The van der Waals surface area contributed by atoms with Crippen molar-refractivity contribution in [1.29, 1.82) is 0 Å². The van der Waals surface area contributed by atoms with Crippen LogP contribution in [0.3, 0.4) is 0 Å². The van der Waals surface area contributed by atoms with Crippen LogP contribution >= 0.6 is 0 Å². The SMILES string of the molecule is CCOC(=O)c1ccc2c3c([nH]c2c1)C(C(C)C)N(Cc1ccc(OC)cc1)N3C(=O)OC. The van der Waals surface area contributed by atoms with Crippen LogP contribution < -0.4 is 9.75 Å². The van der Waals surface area contributed by atoms with Crippen LogP contribution in [-0.2, 0) is 16.0 Å². The molecule has 1 aromatic heterocycles. The van der Waals surface area contributed by atoms with Gasteiger partial charge in [0.15, 0.2) is 0 Å². The van der Waals surface area contributed by atoms with E-state index in [0.717, 1.165) is 33.6 Å². The summed E-state index contributed by atoms with van der Waals surface area (Å²) in [6.07, 6.45) is -0.469. The monoisotopic (exact) mass is 451 g/mol. The summed E-state index contributed by atoms with van der Waals surface area (Å²) in [7, 11) is 3.01. The molecule has 174 valence electrons. The van der Waals surface area contributed by atoms with Gasteiger partial charge in [-0.25, -0.2) is 14.6 Å². The van der Waals surface area contributed by atoms with E-state index < -0.39 is 6.09 Å². The second-order valence-electron chi connectivity index (χ2n) is 8.28.